The van der Waals surface area contributed by atoms with Crippen LogP contribution in [0.1, 0.15) is 12.5 Å². The Labute approximate surface area is 145 Å². The van der Waals surface area contributed by atoms with Crippen molar-refractivity contribution in [2.24, 2.45) is 5.14 Å². The SMILES string of the molecule is Cc1cc(O[C@@H](C)C(=O)Nc2ccc(S(N)(=O)=O)cc2)ccc1Cl. The monoisotopic (exact) mass is 368 g/mol. The second-order valence-corrected chi connectivity index (χ2v) is 7.20. The van der Waals surface area contributed by atoms with Crippen LogP contribution < -0.4 is 15.2 Å². The van der Waals surface area contributed by atoms with Crippen molar-refractivity contribution < 1.29 is 17.9 Å². The first-order valence-corrected chi connectivity index (χ1v) is 8.96. The molecule has 8 heteroatoms. The standard InChI is InChI=1S/C16H17ClN2O4S/c1-10-9-13(5-8-15(10)17)23-11(2)16(20)19-12-3-6-14(7-4-12)24(18,21)22/h3-9,11H,1-2H3,(H,19,20)(H2,18,21,22)/t11-/m0/s1. The topological polar surface area (TPSA) is 98.5 Å². The third kappa shape index (κ3) is 4.70. The molecule has 0 saturated carbocycles. The fourth-order valence-electron chi connectivity index (χ4n) is 1.92. The highest BCUT2D eigenvalue weighted by molar-refractivity contribution is 7.89. The number of nitrogens with one attached hydrogen (secondary N) is 1. The minimum atomic E-state index is -3.76. The van der Waals surface area contributed by atoms with E-state index in [9.17, 15) is 13.2 Å². The molecular formula is C16H17ClN2O4S. The molecule has 3 N–H and O–H groups in total. The Balaban J connectivity index is 2.02. The minimum absolute atomic E-state index is 0.0264. The van der Waals surface area contributed by atoms with Crippen LogP contribution in [0.2, 0.25) is 5.02 Å². The van der Waals surface area contributed by atoms with Crippen LogP contribution in [0.4, 0.5) is 5.69 Å². The lowest BCUT2D eigenvalue weighted by Crippen LogP contribution is -2.30. The lowest BCUT2D eigenvalue weighted by atomic mass is 10.2. The van der Waals surface area contributed by atoms with Crippen LogP contribution in [-0.4, -0.2) is 20.4 Å². The number of primary sulfonamides is 1. The third-order valence-electron chi connectivity index (χ3n) is 3.26. The highest BCUT2D eigenvalue weighted by atomic mass is 35.5. The summed E-state index contributed by atoms with van der Waals surface area (Å²) in [4.78, 5) is 12.1. The molecule has 0 spiro atoms. The van der Waals surface area contributed by atoms with E-state index in [1.807, 2.05) is 6.92 Å². The molecule has 0 unspecified atom stereocenters. The molecule has 0 aliphatic rings. The van der Waals surface area contributed by atoms with E-state index in [0.29, 0.717) is 16.5 Å². The quantitative estimate of drug-likeness (QED) is 0.847. The van der Waals surface area contributed by atoms with Crippen molar-refractivity contribution in [2.45, 2.75) is 24.8 Å². The molecule has 2 aromatic carbocycles. The molecule has 128 valence electrons. The molecule has 0 saturated heterocycles. The second kappa shape index (κ2) is 7.21. The largest absolute Gasteiger partial charge is 0.481 e. The molecule has 0 aliphatic carbocycles. The van der Waals surface area contributed by atoms with Gasteiger partial charge in [0, 0.05) is 10.7 Å². The van der Waals surface area contributed by atoms with Crippen molar-refractivity contribution in [3.8, 4) is 5.75 Å². The Morgan fingerprint density at radius 1 is 1.21 bits per heavy atom. The first kappa shape index (κ1) is 18.3. The zero-order valence-electron chi connectivity index (χ0n) is 13.1. The number of hydrogen-bond acceptors (Lipinski definition) is 4. The van der Waals surface area contributed by atoms with Gasteiger partial charge < -0.3 is 10.1 Å². The molecule has 2 aromatic rings. The van der Waals surface area contributed by atoms with Crippen molar-refractivity contribution in [1.29, 1.82) is 0 Å². The predicted octanol–water partition coefficient (Wildman–Crippen LogP) is 2.70. The van der Waals surface area contributed by atoms with Gasteiger partial charge in [0.05, 0.1) is 4.90 Å². The Hall–Kier alpha value is -2.09. The van der Waals surface area contributed by atoms with Crippen LogP contribution in [-0.2, 0) is 14.8 Å². The van der Waals surface area contributed by atoms with Gasteiger partial charge in [0.15, 0.2) is 6.10 Å². The predicted molar refractivity (Wildman–Crippen MR) is 92.7 cm³/mol. The molecule has 1 amide bonds. The van der Waals surface area contributed by atoms with Gasteiger partial charge in [-0.3, -0.25) is 4.79 Å². The van der Waals surface area contributed by atoms with Crippen LogP contribution in [0.3, 0.4) is 0 Å². The summed E-state index contributed by atoms with van der Waals surface area (Å²) in [5.74, 6) is 0.162. The average molecular weight is 369 g/mol. The summed E-state index contributed by atoms with van der Waals surface area (Å²) in [6.07, 6.45) is -0.747. The number of nitrogens with two attached hydrogens (primary N) is 1. The Bertz CT molecular complexity index is 851. The molecule has 0 aliphatic heterocycles. The summed E-state index contributed by atoms with van der Waals surface area (Å²) in [7, 11) is -3.76. The summed E-state index contributed by atoms with van der Waals surface area (Å²) in [6, 6.07) is 10.7. The summed E-state index contributed by atoms with van der Waals surface area (Å²) in [5.41, 5.74) is 1.29. The number of aryl methyl sites for hydroxylation is 1. The fourth-order valence-corrected chi connectivity index (χ4v) is 2.55. The van der Waals surface area contributed by atoms with Crippen LogP contribution >= 0.6 is 11.6 Å². The zero-order chi connectivity index (χ0) is 17.9. The fraction of sp³-hybridized carbons (Fsp3) is 0.188. The molecule has 1 atom stereocenters. The first-order chi connectivity index (χ1) is 11.2. The van der Waals surface area contributed by atoms with Gasteiger partial charge in [-0.15, -0.1) is 0 Å². The number of sulfonamides is 1. The summed E-state index contributed by atoms with van der Waals surface area (Å²) < 4.78 is 28.0. The second-order valence-electron chi connectivity index (χ2n) is 5.23. The molecule has 24 heavy (non-hydrogen) atoms. The van der Waals surface area contributed by atoms with E-state index in [4.69, 9.17) is 21.5 Å². The maximum atomic E-state index is 12.1. The van der Waals surface area contributed by atoms with Gasteiger partial charge in [0.1, 0.15) is 5.75 Å². The summed E-state index contributed by atoms with van der Waals surface area (Å²) in [5, 5.41) is 8.28. The molecular weight excluding hydrogens is 352 g/mol. The van der Waals surface area contributed by atoms with Crippen LogP contribution in [0.5, 0.6) is 5.75 Å². The van der Waals surface area contributed by atoms with E-state index >= 15 is 0 Å². The van der Waals surface area contributed by atoms with Gasteiger partial charge in [-0.25, -0.2) is 13.6 Å². The van der Waals surface area contributed by atoms with Gasteiger partial charge in [-0.1, -0.05) is 11.6 Å². The normalized spacial score (nSPS) is 12.5. The maximum absolute atomic E-state index is 12.1. The van der Waals surface area contributed by atoms with Crippen molar-refractivity contribution in [1.82, 2.24) is 0 Å². The van der Waals surface area contributed by atoms with Gasteiger partial charge in [-0.2, -0.15) is 0 Å². The van der Waals surface area contributed by atoms with Crippen molar-refractivity contribution in [3.63, 3.8) is 0 Å². The Morgan fingerprint density at radius 3 is 2.38 bits per heavy atom. The van der Waals surface area contributed by atoms with Crippen LogP contribution in [0.25, 0.3) is 0 Å². The summed E-state index contributed by atoms with van der Waals surface area (Å²) in [6.45, 7) is 3.45. The van der Waals surface area contributed by atoms with Crippen LogP contribution in [0, 0.1) is 6.92 Å². The number of halogens is 1. The smallest absolute Gasteiger partial charge is 0.265 e. The molecule has 2 rings (SSSR count). The lowest BCUT2D eigenvalue weighted by molar-refractivity contribution is -0.122. The number of carbonyl (C=O) groups is 1. The van der Waals surface area contributed by atoms with E-state index in [2.05, 4.69) is 5.32 Å². The van der Waals surface area contributed by atoms with E-state index < -0.39 is 16.1 Å². The third-order valence-corrected chi connectivity index (χ3v) is 4.62. The Morgan fingerprint density at radius 2 is 1.83 bits per heavy atom. The average Bonchev–Trinajstić information content (AvgIpc) is 2.50. The zero-order valence-corrected chi connectivity index (χ0v) is 14.7. The highest BCUT2D eigenvalue weighted by Gasteiger charge is 2.16. The van der Waals surface area contributed by atoms with Crippen LogP contribution in [0.15, 0.2) is 47.4 Å². The van der Waals surface area contributed by atoms with E-state index in [1.54, 1.807) is 25.1 Å². The van der Waals surface area contributed by atoms with Gasteiger partial charge in [0.25, 0.3) is 5.91 Å². The number of hydrogen-bond donors (Lipinski definition) is 2. The number of carbonyl (C=O) groups excluding carboxylic acids is 1. The number of benzene rings is 2. The molecule has 6 nitrogen and oxygen atoms in total. The van der Waals surface area contributed by atoms with E-state index in [1.165, 1.54) is 24.3 Å². The Kier molecular flexibility index (Phi) is 5.48. The molecule has 0 bridgehead atoms. The van der Waals surface area contributed by atoms with Crippen molar-refractivity contribution >= 4 is 33.2 Å². The molecule has 0 heterocycles. The minimum Gasteiger partial charge on any atom is -0.481 e. The van der Waals surface area contributed by atoms with Gasteiger partial charge >= 0.3 is 0 Å². The van der Waals surface area contributed by atoms with E-state index in [0.717, 1.165) is 5.56 Å². The molecule has 0 fully saturated rings. The van der Waals surface area contributed by atoms with Gasteiger partial charge in [-0.05, 0) is 61.9 Å². The van der Waals surface area contributed by atoms with Gasteiger partial charge in [0.2, 0.25) is 10.0 Å². The molecule has 0 aromatic heterocycles. The number of ether oxygens (including phenoxy) is 1. The highest BCUT2D eigenvalue weighted by Crippen LogP contribution is 2.22. The molecule has 0 radical (unpaired) electrons. The lowest BCUT2D eigenvalue weighted by Gasteiger charge is -2.15. The van der Waals surface area contributed by atoms with E-state index in [-0.39, 0.29) is 10.8 Å². The van der Waals surface area contributed by atoms with Crippen molar-refractivity contribution in [3.05, 3.63) is 53.1 Å². The number of amides is 1. The number of anilines is 1. The first-order valence-electron chi connectivity index (χ1n) is 7.03. The number of rotatable bonds is 5. The maximum Gasteiger partial charge on any atom is 0.265 e. The summed E-state index contributed by atoms with van der Waals surface area (Å²) >= 11 is 5.95. The van der Waals surface area contributed by atoms with Crippen molar-refractivity contribution in [2.75, 3.05) is 5.32 Å².